The molecule has 4 aliphatic heterocycles. The topological polar surface area (TPSA) is 69.6 Å². The Kier molecular flexibility index (Phi) is 10.6. The lowest BCUT2D eigenvalue weighted by Crippen LogP contribution is -2.37. The van der Waals surface area contributed by atoms with Crippen LogP contribution in [0.1, 0.15) is 64.2 Å². The molecule has 3 aliphatic carbocycles. The summed E-state index contributed by atoms with van der Waals surface area (Å²) < 4.78 is 9.56. The van der Waals surface area contributed by atoms with Crippen molar-refractivity contribution in [3.05, 3.63) is 115 Å². The lowest BCUT2D eigenvalue weighted by Gasteiger charge is -2.46. The van der Waals surface area contributed by atoms with Crippen LogP contribution in [0.3, 0.4) is 0 Å². The first-order chi connectivity index (χ1) is 32.0. The Morgan fingerprint density at radius 1 is 0.646 bits per heavy atom. The van der Waals surface area contributed by atoms with Gasteiger partial charge in [-0.3, -0.25) is 0 Å². The van der Waals surface area contributed by atoms with Gasteiger partial charge in [-0.2, -0.15) is 0 Å². The van der Waals surface area contributed by atoms with Crippen LogP contribution in [0.5, 0.6) is 0 Å². The highest BCUT2D eigenvalue weighted by Gasteiger charge is 2.42. The number of hydrogen-bond donors (Lipinski definition) is 2. The predicted molar refractivity (Wildman–Crippen MR) is 269 cm³/mol. The van der Waals surface area contributed by atoms with E-state index >= 15 is 0 Å². The van der Waals surface area contributed by atoms with Gasteiger partial charge in [-0.05, 0) is 110 Å². The maximum Gasteiger partial charge on any atom is 0.203 e. The molecule has 2 fully saturated rings. The molecule has 0 amide bonds. The van der Waals surface area contributed by atoms with Gasteiger partial charge in [0, 0.05) is 104 Å². The minimum absolute atomic E-state index is 0.0304. The monoisotopic (exact) mass is 898 g/mol. The van der Waals surface area contributed by atoms with Crippen molar-refractivity contribution in [2.24, 2.45) is 0 Å². The van der Waals surface area contributed by atoms with Gasteiger partial charge in [-0.25, -0.2) is 4.58 Å². The van der Waals surface area contributed by atoms with Gasteiger partial charge in [0.05, 0.1) is 47.7 Å². The molecule has 0 spiro atoms. The SMILES string of the molecule is CN(c1ccc2c(-c3cc4c5c(c3)Sc3cccc6c3N5c3c(cccc3N6c3ccc(N(CCO)CCO)cc3)S4)c3ccc(=[N+](C)C4CCCCC4)cc-3oc2c1)C1CCCCC1. The highest BCUT2D eigenvalue weighted by Crippen LogP contribution is 2.68. The molecule has 12 rings (SSSR count). The second-order valence-corrected chi connectivity index (χ2v) is 20.7. The first-order valence-corrected chi connectivity index (χ1v) is 25.4. The number of para-hydroxylation sites is 2. The molecule has 0 radical (unpaired) electrons. The van der Waals surface area contributed by atoms with Crippen LogP contribution < -0.4 is 29.5 Å². The zero-order valence-electron chi connectivity index (χ0n) is 37.3. The lowest BCUT2D eigenvalue weighted by atomic mass is 9.92. The minimum Gasteiger partial charge on any atom is -0.456 e. The molecule has 2 N–H and O–H groups in total. The average molecular weight is 899 g/mol. The summed E-state index contributed by atoms with van der Waals surface area (Å²) in [7, 11) is 4.55. The van der Waals surface area contributed by atoms with Gasteiger partial charge in [0.25, 0.3) is 0 Å². The molecule has 0 atom stereocenters. The normalized spacial score (nSPS) is 17.1. The van der Waals surface area contributed by atoms with Gasteiger partial charge in [0.2, 0.25) is 5.36 Å². The fraction of sp³-hybridized carbons (Fsp3) is 0.327. The van der Waals surface area contributed by atoms with E-state index in [9.17, 15) is 10.2 Å². The molecule has 10 heteroatoms. The first-order valence-electron chi connectivity index (χ1n) is 23.7. The molecular formula is C55H56N5O3S2+. The van der Waals surface area contributed by atoms with Crippen LogP contribution in [0.15, 0.2) is 133 Å². The summed E-state index contributed by atoms with van der Waals surface area (Å²) in [5, 5.41) is 21.8. The van der Waals surface area contributed by atoms with Crippen LogP contribution in [0.2, 0.25) is 0 Å². The predicted octanol–water partition coefficient (Wildman–Crippen LogP) is 12.7. The molecule has 0 aromatic heterocycles. The molecule has 0 unspecified atom stereocenters. The third-order valence-electron chi connectivity index (χ3n) is 14.8. The summed E-state index contributed by atoms with van der Waals surface area (Å²) in [6.07, 6.45) is 12.9. The van der Waals surface area contributed by atoms with Crippen LogP contribution in [-0.2, 0) is 0 Å². The number of anilines is 8. The average Bonchev–Trinajstić information content (AvgIpc) is 3.35. The fourth-order valence-electron chi connectivity index (χ4n) is 11.5. The molecule has 0 bridgehead atoms. The maximum atomic E-state index is 9.72. The standard InChI is InChI=1S/C55H56N5O3S2/c1-56(36-11-5-3-6-12-36)40-23-25-42-46(33-40)63-47-34-41(57(2)37-13-7-4-8-14-37)24-26-43(47)52(42)35-31-50-55-51(32-35)65-49-18-10-16-45-54(49)60(55)53-44(15-9-17-48(53)64-50)59(45)39-21-19-38(20-22-39)58(27-29-61)28-30-62/h9-10,15-26,31-34,36-37,61-62H,3-8,11-14,27-30H2,1-2H3/q+1. The van der Waals surface area contributed by atoms with Crippen molar-refractivity contribution < 1.29 is 14.6 Å². The lowest BCUT2D eigenvalue weighted by molar-refractivity contribution is 0.281. The Bertz CT molecular complexity index is 2920. The molecule has 2 saturated carbocycles. The fourth-order valence-corrected chi connectivity index (χ4v) is 13.9. The van der Waals surface area contributed by atoms with Crippen molar-refractivity contribution in [1.29, 1.82) is 0 Å². The van der Waals surface area contributed by atoms with Gasteiger partial charge >= 0.3 is 0 Å². The number of benzene rings is 6. The van der Waals surface area contributed by atoms with Crippen LogP contribution in [0.25, 0.3) is 33.4 Å². The van der Waals surface area contributed by atoms with E-state index in [4.69, 9.17) is 4.42 Å². The number of hydrogen-bond acceptors (Lipinski definition) is 9. The number of nitrogens with zero attached hydrogens (tertiary/aromatic N) is 5. The third kappa shape index (κ3) is 6.93. The largest absolute Gasteiger partial charge is 0.456 e. The van der Waals surface area contributed by atoms with Crippen molar-refractivity contribution in [3.8, 4) is 22.5 Å². The molecule has 4 heterocycles. The van der Waals surface area contributed by atoms with Crippen LogP contribution in [0.4, 0.5) is 45.5 Å². The van der Waals surface area contributed by atoms with Crippen LogP contribution in [0, 0.1) is 0 Å². The molecule has 5 aromatic rings. The van der Waals surface area contributed by atoms with Gasteiger partial charge < -0.3 is 34.2 Å². The summed E-state index contributed by atoms with van der Waals surface area (Å²) in [5.41, 5.74) is 13.7. The highest BCUT2D eigenvalue weighted by molar-refractivity contribution is 8.00. The van der Waals surface area contributed by atoms with E-state index in [1.165, 1.54) is 123 Å². The van der Waals surface area contributed by atoms with E-state index in [0.29, 0.717) is 25.2 Å². The molecule has 7 aliphatic rings. The number of aliphatic hydroxyl groups excluding tert-OH is 2. The maximum absolute atomic E-state index is 9.72. The van der Waals surface area contributed by atoms with Gasteiger partial charge in [0.15, 0.2) is 6.04 Å². The van der Waals surface area contributed by atoms with Crippen LogP contribution in [-0.4, -0.2) is 62.7 Å². The molecule has 5 aromatic carbocycles. The molecule has 330 valence electrons. The zero-order chi connectivity index (χ0) is 43.8. The summed E-state index contributed by atoms with van der Waals surface area (Å²) >= 11 is 3.75. The smallest absolute Gasteiger partial charge is 0.203 e. The van der Waals surface area contributed by atoms with Crippen molar-refractivity contribution >= 4 is 80.0 Å². The van der Waals surface area contributed by atoms with Crippen molar-refractivity contribution in [2.75, 3.05) is 60.0 Å². The summed E-state index contributed by atoms with van der Waals surface area (Å²) in [4.78, 5) is 14.4. The summed E-state index contributed by atoms with van der Waals surface area (Å²) in [6, 6.07) is 41.9. The summed E-state index contributed by atoms with van der Waals surface area (Å²) in [5.74, 6) is 0.931. The van der Waals surface area contributed by atoms with E-state index in [0.717, 1.165) is 45.0 Å². The Morgan fingerprint density at radius 3 is 1.92 bits per heavy atom. The highest BCUT2D eigenvalue weighted by atomic mass is 32.2. The van der Waals surface area contributed by atoms with E-state index in [1.54, 1.807) is 0 Å². The second kappa shape index (κ2) is 16.8. The van der Waals surface area contributed by atoms with Crippen LogP contribution >= 0.6 is 23.5 Å². The third-order valence-corrected chi connectivity index (χ3v) is 17.0. The Morgan fingerprint density at radius 2 is 1.28 bits per heavy atom. The second-order valence-electron chi connectivity index (χ2n) is 18.5. The Labute approximate surface area is 390 Å². The molecule has 0 saturated heterocycles. The number of fused-ring (bicyclic) bond motifs is 2. The first kappa shape index (κ1) is 41.1. The van der Waals surface area contributed by atoms with Crippen molar-refractivity contribution in [3.63, 3.8) is 0 Å². The molecular weight excluding hydrogens is 843 g/mol. The zero-order valence-corrected chi connectivity index (χ0v) is 38.9. The van der Waals surface area contributed by atoms with Crippen molar-refractivity contribution in [2.45, 2.75) is 95.9 Å². The van der Waals surface area contributed by atoms with E-state index in [-0.39, 0.29) is 13.2 Å². The van der Waals surface area contributed by atoms with Gasteiger partial charge in [-0.15, -0.1) is 0 Å². The summed E-state index contributed by atoms with van der Waals surface area (Å²) in [6.45, 7) is 1.00. The van der Waals surface area contributed by atoms with E-state index in [2.05, 4.69) is 143 Å². The number of rotatable bonds is 10. The van der Waals surface area contributed by atoms with Gasteiger partial charge in [-0.1, -0.05) is 61.3 Å². The molecule has 8 nitrogen and oxygen atoms in total. The minimum atomic E-state index is 0.0304. The Balaban J connectivity index is 1.00. The number of aliphatic hydroxyl groups is 2. The van der Waals surface area contributed by atoms with E-state index < -0.39 is 0 Å². The molecule has 65 heavy (non-hydrogen) atoms. The van der Waals surface area contributed by atoms with Gasteiger partial charge in [0.1, 0.15) is 18.4 Å². The Hall–Kier alpha value is -5.39. The van der Waals surface area contributed by atoms with E-state index in [1.807, 2.05) is 28.4 Å². The quantitative estimate of drug-likeness (QED) is 0.103. The van der Waals surface area contributed by atoms with Crippen molar-refractivity contribution in [1.82, 2.24) is 4.58 Å².